The summed E-state index contributed by atoms with van der Waals surface area (Å²) >= 11 is 3.37. The third kappa shape index (κ3) is 3.22. The number of rotatable bonds is 3. The van der Waals surface area contributed by atoms with E-state index in [9.17, 15) is 4.79 Å². The Morgan fingerprint density at radius 3 is 2.53 bits per heavy atom. The first kappa shape index (κ1) is 14.0. The Morgan fingerprint density at radius 2 is 2.06 bits per heavy atom. The summed E-state index contributed by atoms with van der Waals surface area (Å²) in [5.41, 5.74) is 7.77. The van der Waals surface area contributed by atoms with Gasteiger partial charge in [0.1, 0.15) is 0 Å². The highest BCUT2D eigenvalue weighted by Gasteiger charge is 2.26. The van der Waals surface area contributed by atoms with Crippen LogP contribution in [0, 0.1) is 12.3 Å². The molecule has 0 aliphatic carbocycles. The van der Waals surface area contributed by atoms with Crippen molar-refractivity contribution in [1.29, 1.82) is 0 Å². The van der Waals surface area contributed by atoms with E-state index in [-0.39, 0.29) is 11.3 Å². The highest BCUT2D eigenvalue weighted by Crippen LogP contribution is 2.30. The molecule has 4 heteroatoms. The minimum absolute atomic E-state index is 0.00266. The summed E-state index contributed by atoms with van der Waals surface area (Å²) in [6.45, 7) is 7.77. The number of carbonyl (C=O) groups is 1. The molecule has 0 unspecified atom stereocenters. The van der Waals surface area contributed by atoms with Gasteiger partial charge in [-0.1, -0.05) is 36.7 Å². The van der Waals surface area contributed by atoms with Crippen LogP contribution in [-0.4, -0.2) is 5.91 Å². The predicted octanol–water partition coefficient (Wildman–Crippen LogP) is 3.71. The number of aryl methyl sites for hydroxylation is 1. The molecule has 0 spiro atoms. The van der Waals surface area contributed by atoms with Crippen LogP contribution in [-0.2, 0) is 4.79 Å². The lowest BCUT2D eigenvalue weighted by Gasteiger charge is -2.23. The molecule has 17 heavy (non-hydrogen) atoms. The van der Waals surface area contributed by atoms with Crippen LogP contribution in [0.15, 0.2) is 16.6 Å². The first-order chi connectivity index (χ1) is 7.77. The SMILES string of the molecule is CCC(C)(C)C(=O)Nc1c(C)cc(Br)cc1N. The fourth-order valence-corrected chi connectivity index (χ4v) is 1.97. The summed E-state index contributed by atoms with van der Waals surface area (Å²) in [6.07, 6.45) is 0.786. The van der Waals surface area contributed by atoms with E-state index >= 15 is 0 Å². The maximum atomic E-state index is 12.1. The molecule has 0 atom stereocenters. The number of hydrogen-bond acceptors (Lipinski definition) is 2. The fraction of sp³-hybridized carbons (Fsp3) is 0.462. The second-order valence-corrected chi connectivity index (χ2v) is 5.79. The molecule has 3 N–H and O–H groups in total. The van der Waals surface area contributed by atoms with Crippen molar-refractivity contribution in [3.05, 3.63) is 22.2 Å². The van der Waals surface area contributed by atoms with Crippen LogP contribution in [0.5, 0.6) is 0 Å². The quantitative estimate of drug-likeness (QED) is 0.836. The van der Waals surface area contributed by atoms with E-state index < -0.39 is 0 Å². The molecule has 0 aliphatic heterocycles. The van der Waals surface area contributed by atoms with Crippen LogP contribution in [0.4, 0.5) is 11.4 Å². The van der Waals surface area contributed by atoms with Crippen molar-refractivity contribution in [3.63, 3.8) is 0 Å². The van der Waals surface area contributed by atoms with Crippen molar-refractivity contribution in [2.45, 2.75) is 34.1 Å². The molecule has 0 bridgehead atoms. The summed E-state index contributed by atoms with van der Waals surface area (Å²) in [5, 5.41) is 2.91. The van der Waals surface area contributed by atoms with Gasteiger partial charge in [-0.15, -0.1) is 0 Å². The van der Waals surface area contributed by atoms with Crippen LogP contribution < -0.4 is 11.1 Å². The zero-order valence-corrected chi connectivity index (χ0v) is 12.3. The summed E-state index contributed by atoms with van der Waals surface area (Å²) in [6, 6.07) is 3.73. The van der Waals surface area contributed by atoms with Gasteiger partial charge in [0.05, 0.1) is 11.4 Å². The average molecular weight is 299 g/mol. The standard InChI is InChI=1S/C13H19BrN2O/c1-5-13(3,4)12(17)16-11-8(2)6-9(14)7-10(11)15/h6-7H,5,15H2,1-4H3,(H,16,17). The predicted molar refractivity (Wildman–Crippen MR) is 76.0 cm³/mol. The molecular formula is C13H19BrN2O. The van der Waals surface area contributed by atoms with Gasteiger partial charge in [0.15, 0.2) is 0 Å². The van der Waals surface area contributed by atoms with Gasteiger partial charge < -0.3 is 11.1 Å². The van der Waals surface area contributed by atoms with Gasteiger partial charge in [0.2, 0.25) is 5.91 Å². The van der Waals surface area contributed by atoms with E-state index in [1.54, 1.807) is 6.07 Å². The minimum atomic E-state index is -0.383. The van der Waals surface area contributed by atoms with Gasteiger partial charge in [-0.2, -0.15) is 0 Å². The van der Waals surface area contributed by atoms with Crippen LogP contribution in [0.2, 0.25) is 0 Å². The summed E-state index contributed by atoms with van der Waals surface area (Å²) in [5.74, 6) is -0.00266. The van der Waals surface area contributed by atoms with E-state index in [2.05, 4.69) is 21.2 Å². The fourth-order valence-electron chi connectivity index (χ4n) is 1.38. The first-order valence-electron chi connectivity index (χ1n) is 5.65. The zero-order chi connectivity index (χ0) is 13.2. The van der Waals surface area contributed by atoms with Gasteiger partial charge in [-0.25, -0.2) is 0 Å². The third-order valence-corrected chi connectivity index (χ3v) is 3.53. The highest BCUT2D eigenvalue weighted by molar-refractivity contribution is 9.10. The Morgan fingerprint density at radius 1 is 1.47 bits per heavy atom. The van der Waals surface area contributed by atoms with Crippen molar-refractivity contribution < 1.29 is 4.79 Å². The highest BCUT2D eigenvalue weighted by atomic mass is 79.9. The molecule has 1 aromatic rings. The van der Waals surface area contributed by atoms with E-state index in [0.717, 1.165) is 16.5 Å². The van der Waals surface area contributed by atoms with Gasteiger partial charge >= 0.3 is 0 Å². The third-order valence-electron chi connectivity index (χ3n) is 3.07. The normalized spacial score (nSPS) is 11.4. The summed E-state index contributed by atoms with van der Waals surface area (Å²) < 4.78 is 0.917. The van der Waals surface area contributed by atoms with Gasteiger partial charge in [-0.05, 0) is 31.0 Å². The van der Waals surface area contributed by atoms with Crippen molar-refractivity contribution in [1.82, 2.24) is 0 Å². The van der Waals surface area contributed by atoms with Crippen molar-refractivity contribution in [2.24, 2.45) is 5.41 Å². The smallest absolute Gasteiger partial charge is 0.230 e. The van der Waals surface area contributed by atoms with Gasteiger partial charge in [-0.3, -0.25) is 4.79 Å². The number of nitrogens with one attached hydrogen (secondary N) is 1. The molecule has 0 fully saturated rings. The molecule has 0 saturated heterocycles. The van der Waals surface area contributed by atoms with Crippen LogP contribution in [0.25, 0.3) is 0 Å². The molecule has 1 aromatic carbocycles. The van der Waals surface area contributed by atoms with E-state index in [1.807, 2.05) is 33.8 Å². The molecule has 1 amide bonds. The van der Waals surface area contributed by atoms with E-state index in [4.69, 9.17) is 5.73 Å². The van der Waals surface area contributed by atoms with Crippen molar-refractivity contribution in [2.75, 3.05) is 11.1 Å². The number of anilines is 2. The molecule has 0 radical (unpaired) electrons. The number of halogens is 1. The Labute approximate surface area is 111 Å². The monoisotopic (exact) mass is 298 g/mol. The number of nitrogens with two attached hydrogens (primary N) is 1. The first-order valence-corrected chi connectivity index (χ1v) is 6.44. The molecule has 0 aromatic heterocycles. The average Bonchev–Trinajstić information content (AvgIpc) is 2.22. The maximum Gasteiger partial charge on any atom is 0.230 e. The van der Waals surface area contributed by atoms with Gasteiger partial charge in [0, 0.05) is 9.89 Å². The lowest BCUT2D eigenvalue weighted by Crippen LogP contribution is -2.30. The van der Waals surface area contributed by atoms with E-state index in [1.165, 1.54) is 0 Å². The minimum Gasteiger partial charge on any atom is -0.397 e. The summed E-state index contributed by atoms with van der Waals surface area (Å²) in [7, 11) is 0. The maximum absolute atomic E-state index is 12.1. The van der Waals surface area contributed by atoms with Gasteiger partial charge in [0.25, 0.3) is 0 Å². The molecular weight excluding hydrogens is 280 g/mol. The summed E-state index contributed by atoms with van der Waals surface area (Å²) in [4.78, 5) is 12.1. The Kier molecular flexibility index (Phi) is 4.20. The number of amides is 1. The molecule has 0 saturated carbocycles. The van der Waals surface area contributed by atoms with Crippen molar-refractivity contribution in [3.8, 4) is 0 Å². The number of hydrogen-bond donors (Lipinski definition) is 2. The number of nitrogen functional groups attached to an aromatic ring is 1. The van der Waals surface area contributed by atoms with Crippen LogP contribution in [0.3, 0.4) is 0 Å². The molecule has 94 valence electrons. The Balaban J connectivity index is 3.01. The van der Waals surface area contributed by atoms with Crippen LogP contribution >= 0.6 is 15.9 Å². The lowest BCUT2D eigenvalue weighted by atomic mass is 9.89. The second kappa shape index (κ2) is 5.08. The zero-order valence-electron chi connectivity index (χ0n) is 10.7. The number of benzene rings is 1. The Hall–Kier alpha value is -1.03. The largest absolute Gasteiger partial charge is 0.397 e. The lowest BCUT2D eigenvalue weighted by molar-refractivity contribution is -0.124. The second-order valence-electron chi connectivity index (χ2n) is 4.88. The Bertz CT molecular complexity index is 418. The molecule has 0 aliphatic rings. The van der Waals surface area contributed by atoms with E-state index in [0.29, 0.717) is 11.4 Å². The molecule has 3 nitrogen and oxygen atoms in total. The number of carbonyl (C=O) groups excluding carboxylic acids is 1. The molecule has 1 rings (SSSR count). The van der Waals surface area contributed by atoms with Crippen molar-refractivity contribution >= 4 is 33.2 Å². The topological polar surface area (TPSA) is 55.1 Å². The molecule has 0 heterocycles. The van der Waals surface area contributed by atoms with Crippen LogP contribution in [0.1, 0.15) is 32.8 Å².